The van der Waals surface area contributed by atoms with Gasteiger partial charge >= 0.3 is 0 Å². The van der Waals surface area contributed by atoms with Gasteiger partial charge in [-0.25, -0.2) is 4.98 Å². The molecule has 1 aromatic heterocycles. The van der Waals surface area contributed by atoms with Crippen LogP contribution in [0.2, 0.25) is 10.0 Å². The van der Waals surface area contributed by atoms with Crippen LogP contribution in [0.25, 0.3) is 10.2 Å². The van der Waals surface area contributed by atoms with Gasteiger partial charge in [0.2, 0.25) is 0 Å². The molecule has 2 aromatic carbocycles. The molecule has 0 radical (unpaired) electrons. The molecule has 0 unspecified atom stereocenters. The van der Waals surface area contributed by atoms with Crippen LogP contribution in [0.15, 0.2) is 42.5 Å². The van der Waals surface area contributed by atoms with Gasteiger partial charge in [-0.1, -0.05) is 60.5 Å². The van der Waals surface area contributed by atoms with E-state index in [1.165, 1.54) is 11.3 Å². The lowest BCUT2D eigenvalue weighted by Crippen LogP contribution is -2.34. The van der Waals surface area contributed by atoms with E-state index >= 15 is 0 Å². The van der Waals surface area contributed by atoms with Crippen LogP contribution in [0.1, 0.15) is 24.2 Å². The number of amides is 1. The van der Waals surface area contributed by atoms with Crippen molar-refractivity contribution in [3.05, 3.63) is 58.1 Å². The van der Waals surface area contributed by atoms with E-state index in [0.29, 0.717) is 33.2 Å². The summed E-state index contributed by atoms with van der Waals surface area (Å²) in [7, 11) is 0. The third-order valence-electron chi connectivity index (χ3n) is 3.47. The van der Waals surface area contributed by atoms with E-state index in [2.05, 4.69) is 18.8 Å². The zero-order valence-electron chi connectivity index (χ0n) is 13.3. The topological polar surface area (TPSA) is 33.2 Å². The number of carbonyl (C=O) groups is 1. The number of aromatic nitrogens is 1. The molecule has 0 aliphatic rings. The number of halogens is 2. The smallest absolute Gasteiger partial charge is 0.260 e. The van der Waals surface area contributed by atoms with E-state index < -0.39 is 0 Å². The number of thiazole rings is 1. The van der Waals surface area contributed by atoms with Crippen molar-refractivity contribution >= 4 is 55.8 Å². The first-order valence-electron chi connectivity index (χ1n) is 7.58. The number of anilines is 1. The first-order chi connectivity index (χ1) is 11.5. The molecule has 0 fully saturated rings. The third-order valence-corrected chi connectivity index (χ3v) is 5.27. The Kier molecular flexibility index (Phi) is 5.09. The Morgan fingerprint density at radius 3 is 2.58 bits per heavy atom. The molecule has 0 N–H and O–H groups in total. The molecule has 0 bridgehead atoms. The number of nitrogens with zero attached hydrogens (tertiary/aromatic N) is 2. The minimum atomic E-state index is -0.124. The van der Waals surface area contributed by atoms with Gasteiger partial charge in [-0.05, 0) is 36.2 Å². The predicted molar refractivity (Wildman–Crippen MR) is 103 cm³/mol. The maximum Gasteiger partial charge on any atom is 0.260 e. The Bertz CT molecular complexity index is 859. The number of hydrogen-bond donors (Lipinski definition) is 0. The summed E-state index contributed by atoms with van der Waals surface area (Å²) in [6.45, 7) is 4.73. The largest absolute Gasteiger partial charge is 0.284 e. The Morgan fingerprint density at radius 1 is 1.17 bits per heavy atom. The first-order valence-corrected chi connectivity index (χ1v) is 9.15. The number of hydrogen-bond acceptors (Lipinski definition) is 3. The van der Waals surface area contributed by atoms with Gasteiger partial charge in [0.15, 0.2) is 5.13 Å². The molecule has 3 rings (SSSR count). The minimum Gasteiger partial charge on any atom is -0.284 e. The van der Waals surface area contributed by atoms with Gasteiger partial charge in [0.05, 0.1) is 20.3 Å². The first kappa shape index (κ1) is 17.2. The average Bonchev–Trinajstić information content (AvgIpc) is 2.98. The summed E-state index contributed by atoms with van der Waals surface area (Å²) >= 11 is 13.5. The molecule has 0 aliphatic carbocycles. The van der Waals surface area contributed by atoms with E-state index in [1.807, 2.05) is 24.3 Å². The quantitative estimate of drug-likeness (QED) is 0.565. The van der Waals surface area contributed by atoms with Crippen LogP contribution in [0, 0.1) is 5.92 Å². The Hall–Kier alpha value is -1.62. The van der Waals surface area contributed by atoms with Crippen LogP contribution in [-0.2, 0) is 0 Å². The summed E-state index contributed by atoms with van der Waals surface area (Å²) in [4.78, 5) is 19.3. The summed E-state index contributed by atoms with van der Waals surface area (Å²) in [6.07, 6.45) is 0. The van der Waals surface area contributed by atoms with Crippen molar-refractivity contribution in [3.63, 3.8) is 0 Å². The van der Waals surface area contributed by atoms with Crippen LogP contribution in [0.3, 0.4) is 0 Å². The summed E-state index contributed by atoms with van der Waals surface area (Å²) < 4.78 is 1.06. The number of rotatable bonds is 4. The highest BCUT2D eigenvalue weighted by Crippen LogP contribution is 2.31. The second-order valence-electron chi connectivity index (χ2n) is 5.90. The molecule has 3 aromatic rings. The highest BCUT2D eigenvalue weighted by atomic mass is 35.5. The minimum absolute atomic E-state index is 0.124. The standard InChI is InChI=1S/C18H16Cl2N2OS/c1-11(2)10-22(17(23)12-7-8-13(19)14(20)9-12)18-21-15-5-3-4-6-16(15)24-18/h3-9,11H,10H2,1-2H3. The van der Waals surface area contributed by atoms with E-state index in [-0.39, 0.29) is 5.91 Å². The lowest BCUT2D eigenvalue weighted by atomic mass is 10.1. The highest BCUT2D eigenvalue weighted by Gasteiger charge is 2.22. The maximum atomic E-state index is 13.0. The second-order valence-corrected chi connectivity index (χ2v) is 7.73. The van der Waals surface area contributed by atoms with Crippen molar-refractivity contribution in [2.24, 2.45) is 5.92 Å². The van der Waals surface area contributed by atoms with E-state index in [1.54, 1.807) is 23.1 Å². The normalized spacial score (nSPS) is 11.2. The molecule has 1 heterocycles. The number of benzene rings is 2. The van der Waals surface area contributed by atoms with E-state index in [0.717, 1.165) is 10.2 Å². The SMILES string of the molecule is CC(C)CN(C(=O)c1ccc(Cl)c(Cl)c1)c1nc2ccccc2s1. The van der Waals surface area contributed by atoms with Gasteiger partial charge in [0, 0.05) is 12.1 Å². The Morgan fingerprint density at radius 2 is 1.92 bits per heavy atom. The van der Waals surface area contributed by atoms with Crippen LogP contribution in [0.4, 0.5) is 5.13 Å². The number of carbonyl (C=O) groups excluding carboxylic acids is 1. The Balaban J connectivity index is 2.01. The zero-order valence-corrected chi connectivity index (χ0v) is 15.6. The molecule has 0 aliphatic heterocycles. The molecular formula is C18H16Cl2N2OS. The molecule has 0 saturated heterocycles. The van der Waals surface area contributed by atoms with Crippen molar-refractivity contribution in [2.45, 2.75) is 13.8 Å². The van der Waals surface area contributed by atoms with Crippen LogP contribution >= 0.6 is 34.5 Å². The molecule has 6 heteroatoms. The third kappa shape index (κ3) is 3.56. The van der Waals surface area contributed by atoms with Crippen LogP contribution in [-0.4, -0.2) is 17.4 Å². The van der Waals surface area contributed by atoms with Crippen molar-refractivity contribution in [3.8, 4) is 0 Å². The molecular weight excluding hydrogens is 363 g/mol. The molecule has 124 valence electrons. The van der Waals surface area contributed by atoms with Crippen molar-refractivity contribution in [1.82, 2.24) is 4.98 Å². The average molecular weight is 379 g/mol. The molecule has 1 amide bonds. The molecule has 0 atom stereocenters. The van der Waals surface area contributed by atoms with Gasteiger partial charge in [-0.15, -0.1) is 0 Å². The maximum absolute atomic E-state index is 13.0. The lowest BCUT2D eigenvalue weighted by Gasteiger charge is -2.22. The monoisotopic (exact) mass is 378 g/mol. The molecule has 3 nitrogen and oxygen atoms in total. The summed E-state index contributed by atoms with van der Waals surface area (Å²) in [6, 6.07) is 12.8. The fraction of sp³-hybridized carbons (Fsp3) is 0.222. The van der Waals surface area contributed by atoms with Crippen molar-refractivity contribution in [1.29, 1.82) is 0 Å². The van der Waals surface area contributed by atoms with Crippen molar-refractivity contribution in [2.75, 3.05) is 11.4 Å². The van der Waals surface area contributed by atoms with Crippen LogP contribution in [0.5, 0.6) is 0 Å². The van der Waals surface area contributed by atoms with Crippen LogP contribution < -0.4 is 4.90 Å². The zero-order chi connectivity index (χ0) is 17.3. The van der Waals surface area contributed by atoms with Gasteiger partial charge in [0.1, 0.15) is 0 Å². The lowest BCUT2D eigenvalue weighted by molar-refractivity contribution is 0.0984. The second kappa shape index (κ2) is 7.09. The number of fused-ring (bicyclic) bond motifs is 1. The van der Waals surface area contributed by atoms with Gasteiger partial charge in [0.25, 0.3) is 5.91 Å². The van der Waals surface area contributed by atoms with E-state index in [9.17, 15) is 4.79 Å². The summed E-state index contributed by atoms with van der Waals surface area (Å²) in [5.41, 5.74) is 1.40. The fourth-order valence-corrected chi connectivity index (χ4v) is 3.64. The van der Waals surface area contributed by atoms with Gasteiger partial charge < -0.3 is 0 Å². The van der Waals surface area contributed by atoms with Gasteiger partial charge in [-0.2, -0.15) is 0 Å². The van der Waals surface area contributed by atoms with E-state index in [4.69, 9.17) is 23.2 Å². The van der Waals surface area contributed by atoms with Crippen molar-refractivity contribution < 1.29 is 4.79 Å². The molecule has 0 spiro atoms. The fourth-order valence-electron chi connectivity index (χ4n) is 2.37. The predicted octanol–water partition coefficient (Wildman–Crippen LogP) is 5.91. The Labute approximate surface area is 154 Å². The molecule has 0 saturated carbocycles. The highest BCUT2D eigenvalue weighted by molar-refractivity contribution is 7.22. The summed E-state index contributed by atoms with van der Waals surface area (Å²) in [5.74, 6) is 0.185. The summed E-state index contributed by atoms with van der Waals surface area (Å²) in [5, 5.41) is 1.50. The number of para-hydroxylation sites is 1. The molecule has 24 heavy (non-hydrogen) atoms. The van der Waals surface area contributed by atoms with Gasteiger partial charge in [-0.3, -0.25) is 9.69 Å².